The van der Waals surface area contributed by atoms with Crippen molar-refractivity contribution in [2.75, 3.05) is 7.11 Å². The Kier molecular flexibility index (Phi) is 4.09. The third kappa shape index (κ3) is 2.40. The third-order valence-electron chi connectivity index (χ3n) is 7.36. The molecule has 0 aromatic carbocycles. The zero-order valence-corrected chi connectivity index (χ0v) is 18.4. The van der Waals surface area contributed by atoms with Crippen molar-refractivity contribution in [3.8, 4) is 0 Å². The highest BCUT2D eigenvalue weighted by molar-refractivity contribution is 7.15. The van der Waals surface area contributed by atoms with Crippen molar-refractivity contribution in [3.05, 3.63) is 43.3 Å². The molecule has 2 aliphatic heterocycles. The van der Waals surface area contributed by atoms with Crippen LogP contribution in [-0.4, -0.2) is 13.1 Å². The fraction of sp³-hybridized carbons (Fsp3) is 0.609. The minimum Gasteiger partial charge on any atom is -0.465 e. The first-order valence-electron chi connectivity index (χ1n) is 10.8. The van der Waals surface area contributed by atoms with E-state index < -0.39 is 5.79 Å². The van der Waals surface area contributed by atoms with Gasteiger partial charge in [-0.25, -0.2) is 4.79 Å². The quantitative estimate of drug-likeness (QED) is 0.507. The number of methoxy groups -OCH3 is 1. The summed E-state index contributed by atoms with van der Waals surface area (Å²) in [5.41, 5.74) is 1.93. The lowest BCUT2D eigenvalue weighted by Gasteiger charge is -2.39. The second-order valence-corrected chi connectivity index (χ2v) is 10.9. The lowest BCUT2D eigenvalue weighted by molar-refractivity contribution is -0.298. The molecule has 0 radical (unpaired) electrons. The summed E-state index contributed by atoms with van der Waals surface area (Å²) in [4.78, 5) is 15.4. The molecule has 2 aromatic heterocycles. The molecule has 29 heavy (non-hydrogen) atoms. The Morgan fingerprint density at radius 3 is 2.17 bits per heavy atom. The van der Waals surface area contributed by atoms with Gasteiger partial charge < -0.3 is 14.2 Å². The summed E-state index contributed by atoms with van der Waals surface area (Å²) in [5.74, 6) is -1.10. The molecule has 0 N–H and O–H groups in total. The lowest BCUT2D eigenvalue weighted by Crippen LogP contribution is -2.38. The Bertz CT molecular complexity index is 957. The van der Waals surface area contributed by atoms with Gasteiger partial charge in [0.15, 0.2) is 0 Å². The van der Waals surface area contributed by atoms with E-state index in [-0.39, 0.29) is 17.2 Å². The standard InChI is InChI=1S/C23H26O4S2/c1-25-20(24)17-14-16-19(29-17)23(27-22(16)11-6-3-7-12-22)18-15(8-13-28-18)21(26-23)9-4-2-5-10-21/h8,13-14H,2-7,9-12H2,1H3. The van der Waals surface area contributed by atoms with E-state index in [1.165, 1.54) is 60.1 Å². The van der Waals surface area contributed by atoms with E-state index in [9.17, 15) is 4.79 Å². The molecule has 6 rings (SSSR count). The Morgan fingerprint density at radius 1 is 0.931 bits per heavy atom. The molecule has 2 aliphatic carbocycles. The molecule has 4 heterocycles. The molecule has 6 heteroatoms. The van der Waals surface area contributed by atoms with Gasteiger partial charge in [-0.3, -0.25) is 0 Å². The Morgan fingerprint density at radius 2 is 1.55 bits per heavy atom. The van der Waals surface area contributed by atoms with Gasteiger partial charge >= 0.3 is 5.97 Å². The number of fused-ring (bicyclic) bond motifs is 6. The topological polar surface area (TPSA) is 44.8 Å². The van der Waals surface area contributed by atoms with E-state index in [1.807, 2.05) is 6.07 Å². The normalized spacial score (nSPS) is 28.7. The van der Waals surface area contributed by atoms with Gasteiger partial charge in [-0.05, 0) is 43.2 Å². The van der Waals surface area contributed by atoms with Crippen molar-refractivity contribution < 1.29 is 19.0 Å². The Hall–Kier alpha value is -1.21. The molecule has 3 spiro atoms. The van der Waals surface area contributed by atoms with Gasteiger partial charge in [0.05, 0.1) is 28.1 Å². The van der Waals surface area contributed by atoms with Crippen LogP contribution in [0.2, 0.25) is 0 Å². The number of hydrogen-bond acceptors (Lipinski definition) is 6. The van der Waals surface area contributed by atoms with Gasteiger partial charge in [0.2, 0.25) is 5.79 Å². The van der Waals surface area contributed by atoms with E-state index in [1.54, 1.807) is 11.3 Å². The molecule has 2 saturated carbocycles. The number of thiophene rings is 2. The number of carbonyl (C=O) groups excluding carboxylic acids is 1. The predicted molar refractivity (Wildman–Crippen MR) is 112 cm³/mol. The third-order valence-corrected chi connectivity index (χ3v) is 9.56. The fourth-order valence-electron chi connectivity index (χ4n) is 6.06. The maximum Gasteiger partial charge on any atom is 0.348 e. The van der Waals surface area contributed by atoms with Crippen molar-refractivity contribution in [1.29, 1.82) is 0 Å². The molecule has 1 atom stereocenters. The van der Waals surface area contributed by atoms with E-state index in [0.29, 0.717) is 4.88 Å². The van der Waals surface area contributed by atoms with E-state index in [2.05, 4.69) is 11.4 Å². The van der Waals surface area contributed by atoms with Crippen molar-refractivity contribution in [2.24, 2.45) is 0 Å². The first-order chi connectivity index (χ1) is 14.1. The monoisotopic (exact) mass is 430 g/mol. The summed E-state index contributed by atoms with van der Waals surface area (Å²) in [6.45, 7) is 0. The van der Waals surface area contributed by atoms with Gasteiger partial charge in [-0.2, -0.15) is 0 Å². The summed E-state index contributed by atoms with van der Waals surface area (Å²) in [5, 5.41) is 2.19. The van der Waals surface area contributed by atoms with Crippen molar-refractivity contribution in [2.45, 2.75) is 81.2 Å². The van der Waals surface area contributed by atoms with Crippen LogP contribution in [0, 0.1) is 0 Å². The lowest BCUT2D eigenvalue weighted by atomic mass is 9.80. The summed E-state index contributed by atoms with van der Waals surface area (Å²) >= 11 is 3.27. The first-order valence-corrected chi connectivity index (χ1v) is 12.5. The molecular weight excluding hydrogens is 404 g/mol. The Labute approximate surface area is 179 Å². The number of esters is 1. The maximum atomic E-state index is 12.4. The van der Waals surface area contributed by atoms with Gasteiger partial charge in [0.1, 0.15) is 4.88 Å². The van der Waals surface area contributed by atoms with E-state index >= 15 is 0 Å². The van der Waals surface area contributed by atoms with Crippen LogP contribution in [0.15, 0.2) is 17.5 Å². The molecule has 4 nitrogen and oxygen atoms in total. The number of hydrogen-bond donors (Lipinski definition) is 0. The highest BCUT2D eigenvalue weighted by Gasteiger charge is 2.65. The molecule has 2 aromatic rings. The Balaban J connectivity index is 1.54. The number of rotatable bonds is 1. The van der Waals surface area contributed by atoms with Gasteiger partial charge in [0, 0.05) is 11.1 Å². The molecule has 0 saturated heterocycles. The van der Waals surface area contributed by atoms with Crippen LogP contribution in [0.25, 0.3) is 0 Å². The summed E-state index contributed by atoms with van der Waals surface area (Å²) in [6.07, 6.45) is 11.3. The molecular formula is C23H26O4S2. The average Bonchev–Trinajstić information content (AvgIpc) is 3.49. The van der Waals surface area contributed by atoms with Crippen LogP contribution >= 0.6 is 22.7 Å². The fourth-order valence-corrected chi connectivity index (χ4v) is 8.42. The van der Waals surface area contributed by atoms with Gasteiger partial charge in [-0.1, -0.05) is 38.5 Å². The zero-order valence-electron chi connectivity index (χ0n) is 16.8. The summed E-state index contributed by atoms with van der Waals surface area (Å²) < 4.78 is 19.2. The minimum atomic E-state index is -0.843. The molecule has 154 valence electrons. The van der Waals surface area contributed by atoms with Crippen molar-refractivity contribution in [3.63, 3.8) is 0 Å². The van der Waals surface area contributed by atoms with Crippen LogP contribution in [0.3, 0.4) is 0 Å². The van der Waals surface area contributed by atoms with Gasteiger partial charge in [-0.15, -0.1) is 22.7 Å². The van der Waals surface area contributed by atoms with Crippen LogP contribution in [-0.2, 0) is 31.2 Å². The largest absolute Gasteiger partial charge is 0.465 e. The number of carbonyl (C=O) groups is 1. The van der Waals surface area contributed by atoms with Gasteiger partial charge in [0.25, 0.3) is 0 Å². The SMILES string of the molecule is COC(=O)c1cc2c(s1)C1(OC3(CCCCC3)c3ccsc31)OC21CCCCC1. The predicted octanol–water partition coefficient (Wildman–Crippen LogP) is 6.18. The molecule has 4 aliphatic rings. The second-order valence-electron chi connectivity index (χ2n) is 8.94. The summed E-state index contributed by atoms with van der Waals surface area (Å²) in [7, 11) is 1.45. The first kappa shape index (κ1) is 18.6. The highest BCUT2D eigenvalue weighted by Crippen LogP contribution is 2.67. The maximum absolute atomic E-state index is 12.4. The van der Waals surface area contributed by atoms with Crippen molar-refractivity contribution in [1.82, 2.24) is 0 Å². The smallest absolute Gasteiger partial charge is 0.348 e. The second kappa shape index (κ2) is 6.39. The van der Waals surface area contributed by atoms with Crippen LogP contribution in [0.1, 0.15) is 94.8 Å². The van der Waals surface area contributed by atoms with Crippen LogP contribution in [0.4, 0.5) is 0 Å². The molecule has 0 amide bonds. The van der Waals surface area contributed by atoms with Crippen LogP contribution in [0.5, 0.6) is 0 Å². The number of ether oxygens (including phenoxy) is 3. The minimum absolute atomic E-state index is 0.236. The van der Waals surface area contributed by atoms with E-state index in [0.717, 1.165) is 43.4 Å². The zero-order chi connectivity index (χ0) is 19.7. The molecule has 0 bridgehead atoms. The highest BCUT2D eigenvalue weighted by atomic mass is 32.1. The average molecular weight is 431 g/mol. The molecule has 2 fully saturated rings. The van der Waals surface area contributed by atoms with E-state index in [4.69, 9.17) is 14.2 Å². The van der Waals surface area contributed by atoms with Crippen LogP contribution < -0.4 is 0 Å². The molecule has 1 unspecified atom stereocenters. The summed E-state index contributed by atoms with van der Waals surface area (Å²) in [6, 6.07) is 4.29. The van der Waals surface area contributed by atoms with Crippen molar-refractivity contribution >= 4 is 28.6 Å².